The van der Waals surface area contributed by atoms with Gasteiger partial charge in [-0.2, -0.15) is 0 Å². The summed E-state index contributed by atoms with van der Waals surface area (Å²) in [4.78, 5) is 13.5. The predicted molar refractivity (Wildman–Crippen MR) is 148 cm³/mol. The smallest absolute Gasteiger partial charge is 0.264 e. The summed E-state index contributed by atoms with van der Waals surface area (Å²) in [5.74, 6) is 0.263. The van der Waals surface area contributed by atoms with Crippen LogP contribution in [0.1, 0.15) is 28.4 Å². The Morgan fingerprint density at radius 1 is 0.892 bits per heavy atom. The molecule has 37 heavy (non-hydrogen) atoms. The van der Waals surface area contributed by atoms with Gasteiger partial charge in [-0.05, 0) is 80.1 Å². The van der Waals surface area contributed by atoms with Crippen molar-refractivity contribution in [1.29, 1.82) is 0 Å². The maximum Gasteiger partial charge on any atom is 0.264 e. The normalized spacial score (nSPS) is 11.1. The highest BCUT2D eigenvalue weighted by Crippen LogP contribution is 2.30. The van der Waals surface area contributed by atoms with Crippen LogP contribution in [0.15, 0.2) is 102 Å². The van der Waals surface area contributed by atoms with E-state index in [9.17, 15) is 13.2 Å². The van der Waals surface area contributed by atoms with E-state index in [0.29, 0.717) is 23.1 Å². The molecule has 6 nitrogen and oxygen atoms in total. The number of anilines is 2. The van der Waals surface area contributed by atoms with Crippen molar-refractivity contribution in [2.75, 3.05) is 16.2 Å². The third-order valence-electron chi connectivity index (χ3n) is 5.69. The first-order chi connectivity index (χ1) is 17.8. The first-order valence-electron chi connectivity index (χ1n) is 11.7. The average molecular weight is 535 g/mol. The summed E-state index contributed by atoms with van der Waals surface area (Å²) in [5, 5.41) is 3.41. The molecule has 0 spiro atoms. The lowest BCUT2D eigenvalue weighted by atomic mass is 10.1. The molecule has 0 radical (unpaired) electrons. The third kappa shape index (κ3) is 6.31. The first-order valence-corrected chi connectivity index (χ1v) is 13.6. The van der Waals surface area contributed by atoms with E-state index in [1.54, 1.807) is 97.1 Å². The molecular formula is C29H27ClN2O4S. The molecule has 0 heterocycles. The fraction of sp³-hybridized carbons (Fsp3) is 0.138. The number of ether oxygens (including phenoxy) is 1. The molecule has 0 bridgehead atoms. The van der Waals surface area contributed by atoms with Gasteiger partial charge in [-0.1, -0.05) is 53.6 Å². The molecule has 0 atom stereocenters. The highest BCUT2D eigenvalue weighted by atomic mass is 35.5. The number of halogens is 1. The zero-order valence-electron chi connectivity index (χ0n) is 20.5. The molecule has 0 aliphatic heterocycles. The summed E-state index contributed by atoms with van der Waals surface area (Å²) in [5.41, 5.74) is 2.72. The largest absolute Gasteiger partial charge is 0.494 e. The van der Waals surface area contributed by atoms with Crippen molar-refractivity contribution in [3.05, 3.63) is 119 Å². The minimum absolute atomic E-state index is 0.0146. The summed E-state index contributed by atoms with van der Waals surface area (Å²) in [6.45, 7) is 4.34. The monoisotopic (exact) mass is 534 g/mol. The quantitative estimate of drug-likeness (QED) is 0.259. The van der Waals surface area contributed by atoms with E-state index in [1.165, 1.54) is 4.31 Å². The fourth-order valence-corrected chi connectivity index (χ4v) is 5.37. The van der Waals surface area contributed by atoms with Crippen LogP contribution in [-0.2, 0) is 16.6 Å². The number of sulfonamides is 1. The van der Waals surface area contributed by atoms with E-state index in [1.807, 2.05) is 13.8 Å². The number of nitrogens with one attached hydrogen (secondary N) is 1. The molecule has 0 fully saturated rings. The van der Waals surface area contributed by atoms with Gasteiger partial charge in [0.25, 0.3) is 15.9 Å². The van der Waals surface area contributed by atoms with Gasteiger partial charge in [-0.3, -0.25) is 9.10 Å². The van der Waals surface area contributed by atoms with Crippen molar-refractivity contribution >= 4 is 38.9 Å². The van der Waals surface area contributed by atoms with Crippen LogP contribution in [-0.4, -0.2) is 20.9 Å². The highest BCUT2D eigenvalue weighted by Gasteiger charge is 2.28. The van der Waals surface area contributed by atoms with Crippen molar-refractivity contribution in [3.8, 4) is 5.75 Å². The number of rotatable bonds is 9. The molecule has 0 aliphatic carbocycles. The van der Waals surface area contributed by atoms with Gasteiger partial charge in [0.1, 0.15) is 5.75 Å². The standard InChI is InChI=1S/C29H27ClN2O4S/c1-3-36-25-16-14-24(15-17-25)31-29(33)27-6-4-5-7-28(27)32(20-22-10-12-23(30)13-11-22)37(34,35)26-18-8-21(2)9-19-26/h4-19H,3,20H2,1-2H3,(H,31,33). The Labute approximate surface area is 222 Å². The zero-order chi connectivity index (χ0) is 26.4. The van der Waals surface area contributed by atoms with E-state index >= 15 is 0 Å². The van der Waals surface area contributed by atoms with Crippen molar-refractivity contribution in [2.24, 2.45) is 0 Å². The summed E-state index contributed by atoms with van der Waals surface area (Å²) in [6, 6.07) is 27.2. The van der Waals surface area contributed by atoms with E-state index in [4.69, 9.17) is 16.3 Å². The van der Waals surface area contributed by atoms with Crippen LogP contribution in [0.4, 0.5) is 11.4 Å². The minimum Gasteiger partial charge on any atom is -0.494 e. The summed E-state index contributed by atoms with van der Waals surface area (Å²) in [7, 11) is -4.02. The predicted octanol–water partition coefficient (Wildman–Crippen LogP) is 6.69. The van der Waals surface area contributed by atoms with E-state index < -0.39 is 15.9 Å². The lowest BCUT2D eigenvalue weighted by molar-refractivity contribution is 0.102. The fourth-order valence-electron chi connectivity index (χ4n) is 3.78. The Bertz CT molecular complexity index is 1470. The molecule has 0 aliphatic rings. The first kappa shape index (κ1) is 26.3. The van der Waals surface area contributed by atoms with Gasteiger partial charge in [0.05, 0.1) is 29.3 Å². The van der Waals surface area contributed by atoms with Gasteiger partial charge in [0.15, 0.2) is 0 Å². The molecule has 190 valence electrons. The number of amides is 1. The number of carbonyl (C=O) groups is 1. The van der Waals surface area contributed by atoms with Crippen LogP contribution < -0.4 is 14.4 Å². The van der Waals surface area contributed by atoms with Crippen LogP contribution in [0, 0.1) is 6.92 Å². The Balaban J connectivity index is 1.74. The van der Waals surface area contributed by atoms with Crippen molar-refractivity contribution in [2.45, 2.75) is 25.3 Å². The second-order valence-corrected chi connectivity index (χ2v) is 10.7. The molecule has 4 aromatic rings. The van der Waals surface area contributed by atoms with Gasteiger partial charge < -0.3 is 10.1 Å². The molecule has 8 heteroatoms. The van der Waals surface area contributed by atoms with Crippen LogP contribution in [0.3, 0.4) is 0 Å². The number of benzene rings is 4. The molecule has 0 aromatic heterocycles. The second kappa shape index (κ2) is 11.5. The summed E-state index contributed by atoms with van der Waals surface area (Å²) >= 11 is 6.04. The number of hydrogen-bond donors (Lipinski definition) is 1. The van der Waals surface area contributed by atoms with Gasteiger partial charge in [-0.15, -0.1) is 0 Å². The summed E-state index contributed by atoms with van der Waals surface area (Å²) < 4.78 is 34.5. The zero-order valence-corrected chi connectivity index (χ0v) is 22.1. The van der Waals surface area contributed by atoms with Gasteiger partial charge in [0.2, 0.25) is 0 Å². The van der Waals surface area contributed by atoms with Crippen molar-refractivity contribution < 1.29 is 17.9 Å². The van der Waals surface area contributed by atoms with E-state index in [2.05, 4.69) is 5.32 Å². The molecule has 4 rings (SSSR count). The topological polar surface area (TPSA) is 75.7 Å². The van der Waals surface area contributed by atoms with E-state index in [0.717, 1.165) is 11.1 Å². The second-order valence-electron chi connectivity index (χ2n) is 8.38. The molecule has 0 unspecified atom stereocenters. The highest BCUT2D eigenvalue weighted by molar-refractivity contribution is 7.92. The molecule has 0 saturated carbocycles. The molecule has 0 saturated heterocycles. The number of hydrogen-bond acceptors (Lipinski definition) is 4. The minimum atomic E-state index is -4.02. The number of aryl methyl sites for hydroxylation is 1. The van der Waals surface area contributed by atoms with E-state index in [-0.39, 0.29) is 22.7 Å². The molecule has 4 aromatic carbocycles. The third-order valence-corrected chi connectivity index (χ3v) is 7.71. The number of para-hydroxylation sites is 1. The van der Waals surface area contributed by atoms with Crippen LogP contribution in [0.2, 0.25) is 5.02 Å². The number of carbonyl (C=O) groups excluding carboxylic acids is 1. The Morgan fingerprint density at radius 2 is 1.54 bits per heavy atom. The van der Waals surface area contributed by atoms with Gasteiger partial charge in [0, 0.05) is 10.7 Å². The van der Waals surface area contributed by atoms with Crippen molar-refractivity contribution in [1.82, 2.24) is 0 Å². The summed E-state index contributed by atoms with van der Waals surface area (Å²) in [6.07, 6.45) is 0. The Hall–Kier alpha value is -3.81. The lowest BCUT2D eigenvalue weighted by Crippen LogP contribution is -2.32. The van der Waals surface area contributed by atoms with Crippen LogP contribution in [0.25, 0.3) is 0 Å². The molecule has 1 amide bonds. The van der Waals surface area contributed by atoms with Crippen LogP contribution in [0.5, 0.6) is 5.75 Å². The lowest BCUT2D eigenvalue weighted by Gasteiger charge is -2.27. The van der Waals surface area contributed by atoms with Crippen molar-refractivity contribution in [3.63, 3.8) is 0 Å². The molecular weight excluding hydrogens is 508 g/mol. The Morgan fingerprint density at radius 3 is 2.19 bits per heavy atom. The SMILES string of the molecule is CCOc1ccc(NC(=O)c2ccccc2N(Cc2ccc(Cl)cc2)S(=O)(=O)c2ccc(C)cc2)cc1. The van der Waals surface area contributed by atoms with Gasteiger partial charge >= 0.3 is 0 Å². The molecule has 1 N–H and O–H groups in total. The average Bonchev–Trinajstić information content (AvgIpc) is 2.90. The van der Waals surface area contributed by atoms with Gasteiger partial charge in [-0.25, -0.2) is 8.42 Å². The van der Waals surface area contributed by atoms with Crippen LogP contribution >= 0.6 is 11.6 Å². The number of nitrogens with zero attached hydrogens (tertiary/aromatic N) is 1. The maximum atomic E-state index is 13.9. The Kier molecular flexibility index (Phi) is 8.16. The maximum absolute atomic E-state index is 13.9.